The third kappa shape index (κ3) is 3.74. The second kappa shape index (κ2) is 7.22. The Morgan fingerprint density at radius 3 is 2.86 bits per heavy atom. The van der Waals surface area contributed by atoms with E-state index in [2.05, 4.69) is 14.9 Å². The first-order valence-corrected chi connectivity index (χ1v) is 8.87. The first-order valence-electron chi connectivity index (χ1n) is 7.71. The van der Waals surface area contributed by atoms with Gasteiger partial charge in [0.05, 0.1) is 12.2 Å². The van der Waals surface area contributed by atoms with E-state index in [4.69, 9.17) is 0 Å². The maximum atomic E-state index is 12.7. The molecule has 2 saturated heterocycles. The fourth-order valence-corrected chi connectivity index (χ4v) is 4.12. The normalized spacial score (nSPS) is 24.0. The van der Waals surface area contributed by atoms with Gasteiger partial charge in [0.1, 0.15) is 5.69 Å². The van der Waals surface area contributed by atoms with Crippen LogP contribution < -0.4 is 0 Å². The molecule has 3 heterocycles. The minimum absolute atomic E-state index is 0.0368. The molecule has 21 heavy (non-hydrogen) atoms. The third-order valence-corrected chi connectivity index (χ3v) is 5.35. The van der Waals surface area contributed by atoms with Crippen molar-refractivity contribution in [1.29, 1.82) is 0 Å². The Balaban J connectivity index is 1.73. The highest BCUT2D eigenvalue weighted by Crippen LogP contribution is 2.20. The van der Waals surface area contributed by atoms with Gasteiger partial charge in [0.25, 0.3) is 5.91 Å². The van der Waals surface area contributed by atoms with Crippen molar-refractivity contribution in [1.82, 2.24) is 19.8 Å². The highest BCUT2D eigenvalue weighted by Gasteiger charge is 2.29. The van der Waals surface area contributed by atoms with E-state index in [9.17, 15) is 4.79 Å². The molecule has 6 heteroatoms. The predicted octanol–water partition coefficient (Wildman–Crippen LogP) is 1.52. The Morgan fingerprint density at radius 1 is 1.24 bits per heavy atom. The third-order valence-electron chi connectivity index (χ3n) is 4.15. The number of aromatic nitrogens is 2. The number of hydrogen-bond acceptors (Lipinski definition) is 5. The molecule has 1 unspecified atom stereocenters. The van der Waals surface area contributed by atoms with E-state index in [0.717, 1.165) is 31.0 Å². The van der Waals surface area contributed by atoms with Gasteiger partial charge in [0.2, 0.25) is 0 Å². The number of hydrogen-bond donors (Lipinski definition) is 0. The molecule has 0 saturated carbocycles. The van der Waals surface area contributed by atoms with Crippen molar-refractivity contribution in [3.05, 3.63) is 24.3 Å². The van der Waals surface area contributed by atoms with Gasteiger partial charge in [-0.3, -0.25) is 9.78 Å². The average Bonchev–Trinajstić information content (AvgIpc) is 2.92. The number of thioether (sulfide) groups is 1. The molecule has 5 nitrogen and oxygen atoms in total. The summed E-state index contributed by atoms with van der Waals surface area (Å²) in [5.41, 5.74) is 0.468. The van der Waals surface area contributed by atoms with Crippen LogP contribution in [-0.4, -0.2) is 69.4 Å². The van der Waals surface area contributed by atoms with Crippen LogP contribution in [0.25, 0.3) is 0 Å². The van der Waals surface area contributed by atoms with E-state index >= 15 is 0 Å². The Hall–Kier alpha value is -1.14. The van der Waals surface area contributed by atoms with Crippen LogP contribution in [0, 0.1) is 0 Å². The second-order valence-corrected chi connectivity index (χ2v) is 6.83. The topological polar surface area (TPSA) is 49.3 Å². The van der Waals surface area contributed by atoms with E-state index in [-0.39, 0.29) is 5.91 Å². The van der Waals surface area contributed by atoms with Crippen molar-refractivity contribution in [2.75, 3.05) is 37.7 Å². The Kier molecular flexibility index (Phi) is 5.08. The summed E-state index contributed by atoms with van der Waals surface area (Å²) < 4.78 is 0. The number of nitrogens with zero attached hydrogens (tertiary/aromatic N) is 4. The number of rotatable bonds is 3. The molecule has 0 spiro atoms. The Labute approximate surface area is 130 Å². The van der Waals surface area contributed by atoms with Gasteiger partial charge in [-0.05, 0) is 38.1 Å². The number of carbonyl (C=O) groups excluding carboxylic acids is 1. The minimum atomic E-state index is 0.0368. The van der Waals surface area contributed by atoms with Crippen LogP contribution in [0.15, 0.2) is 18.6 Å². The first-order chi connectivity index (χ1) is 10.3. The van der Waals surface area contributed by atoms with Gasteiger partial charge in [-0.2, -0.15) is 11.8 Å². The minimum Gasteiger partial charge on any atom is -0.332 e. The molecule has 2 aliphatic rings. The summed E-state index contributed by atoms with van der Waals surface area (Å²) >= 11 is 1.97. The SMILES string of the molecule is O=C(c1cnccn1)N1CCCSCC1CN1CCCC1. The van der Waals surface area contributed by atoms with E-state index in [1.54, 1.807) is 18.6 Å². The molecule has 1 atom stereocenters. The molecule has 3 rings (SSSR count). The highest BCUT2D eigenvalue weighted by atomic mass is 32.2. The lowest BCUT2D eigenvalue weighted by Gasteiger charge is -2.32. The lowest BCUT2D eigenvalue weighted by atomic mass is 10.2. The van der Waals surface area contributed by atoms with Crippen molar-refractivity contribution in [3.63, 3.8) is 0 Å². The lowest BCUT2D eigenvalue weighted by Crippen LogP contribution is -2.47. The first kappa shape index (κ1) is 14.8. The number of carbonyl (C=O) groups is 1. The standard InChI is InChI=1S/C15H22N4OS/c20-15(14-10-16-4-5-17-14)19-8-3-9-21-12-13(19)11-18-6-1-2-7-18/h4-5,10,13H,1-3,6-9,11-12H2. The molecule has 0 radical (unpaired) electrons. The van der Waals surface area contributed by atoms with E-state index in [0.29, 0.717) is 11.7 Å². The van der Waals surface area contributed by atoms with Gasteiger partial charge in [-0.25, -0.2) is 4.98 Å². The molecule has 1 aromatic rings. The molecule has 2 fully saturated rings. The van der Waals surface area contributed by atoms with Crippen LogP contribution in [0.2, 0.25) is 0 Å². The van der Waals surface area contributed by atoms with E-state index in [1.165, 1.54) is 25.9 Å². The molecule has 0 N–H and O–H groups in total. The van der Waals surface area contributed by atoms with Crippen LogP contribution >= 0.6 is 11.8 Å². The van der Waals surface area contributed by atoms with Crippen molar-refractivity contribution < 1.29 is 4.79 Å². The van der Waals surface area contributed by atoms with E-state index < -0.39 is 0 Å². The smallest absolute Gasteiger partial charge is 0.274 e. The molecule has 0 aliphatic carbocycles. The summed E-state index contributed by atoms with van der Waals surface area (Å²) in [6.45, 7) is 4.18. The number of likely N-dealkylation sites (tertiary alicyclic amines) is 1. The van der Waals surface area contributed by atoms with Crippen LogP contribution in [0.3, 0.4) is 0 Å². The molecule has 0 bridgehead atoms. The summed E-state index contributed by atoms with van der Waals surface area (Å²) in [5, 5.41) is 0. The molecule has 1 amide bonds. The van der Waals surface area contributed by atoms with Gasteiger partial charge in [0, 0.05) is 31.2 Å². The van der Waals surface area contributed by atoms with Gasteiger partial charge in [0.15, 0.2) is 0 Å². The van der Waals surface area contributed by atoms with E-state index in [1.807, 2.05) is 16.7 Å². The maximum Gasteiger partial charge on any atom is 0.274 e. The second-order valence-electron chi connectivity index (χ2n) is 5.68. The highest BCUT2D eigenvalue weighted by molar-refractivity contribution is 7.99. The van der Waals surface area contributed by atoms with Crippen molar-refractivity contribution in [2.45, 2.75) is 25.3 Å². The molecule has 1 aromatic heterocycles. The Morgan fingerprint density at radius 2 is 2.10 bits per heavy atom. The Bertz CT molecular complexity index is 464. The average molecular weight is 306 g/mol. The fraction of sp³-hybridized carbons (Fsp3) is 0.667. The summed E-state index contributed by atoms with van der Waals surface area (Å²) in [4.78, 5) is 25.5. The van der Waals surface area contributed by atoms with Crippen LogP contribution in [-0.2, 0) is 0 Å². The van der Waals surface area contributed by atoms with Crippen molar-refractivity contribution in [3.8, 4) is 0 Å². The van der Waals surface area contributed by atoms with Gasteiger partial charge >= 0.3 is 0 Å². The molecular formula is C15H22N4OS. The maximum absolute atomic E-state index is 12.7. The van der Waals surface area contributed by atoms with Gasteiger partial charge in [-0.1, -0.05) is 0 Å². The summed E-state index contributed by atoms with van der Waals surface area (Å²) in [5.74, 6) is 2.21. The fourth-order valence-electron chi connectivity index (χ4n) is 3.07. The lowest BCUT2D eigenvalue weighted by molar-refractivity contribution is 0.0660. The van der Waals surface area contributed by atoms with Crippen molar-refractivity contribution >= 4 is 17.7 Å². The molecule has 2 aliphatic heterocycles. The van der Waals surface area contributed by atoms with Gasteiger partial charge < -0.3 is 9.80 Å². The summed E-state index contributed by atoms with van der Waals surface area (Å²) in [6.07, 6.45) is 8.42. The summed E-state index contributed by atoms with van der Waals surface area (Å²) in [7, 11) is 0. The van der Waals surface area contributed by atoms with Crippen LogP contribution in [0.4, 0.5) is 0 Å². The van der Waals surface area contributed by atoms with Crippen LogP contribution in [0.5, 0.6) is 0 Å². The number of amides is 1. The zero-order valence-corrected chi connectivity index (χ0v) is 13.1. The van der Waals surface area contributed by atoms with Gasteiger partial charge in [-0.15, -0.1) is 0 Å². The summed E-state index contributed by atoms with van der Waals surface area (Å²) in [6, 6.07) is 0.296. The quantitative estimate of drug-likeness (QED) is 0.847. The molecule has 0 aromatic carbocycles. The predicted molar refractivity (Wildman–Crippen MR) is 84.5 cm³/mol. The zero-order chi connectivity index (χ0) is 14.5. The van der Waals surface area contributed by atoms with Crippen molar-refractivity contribution in [2.24, 2.45) is 0 Å². The largest absolute Gasteiger partial charge is 0.332 e. The molecule has 114 valence electrons. The van der Waals surface area contributed by atoms with Crippen LogP contribution in [0.1, 0.15) is 29.8 Å². The molecular weight excluding hydrogens is 284 g/mol. The zero-order valence-electron chi connectivity index (χ0n) is 12.3. The monoisotopic (exact) mass is 306 g/mol.